The Kier molecular flexibility index (Phi) is 21.9. The van der Waals surface area contributed by atoms with Crippen LogP contribution < -0.4 is 0 Å². The summed E-state index contributed by atoms with van der Waals surface area (Å²) in [6.45, 7) is 0. The molecule has 9 heterocycles. The summed E-state index contributed by atoms with van der Waals surface area (Å²) in [7, 11) is 0. The van der Waals surface area contributed by atoms with E-state index in [0.717, 1.165) is 244 Å². The highest BCUT2D eigenvalue weighted by Crippen LogP contribution is 2.46. The first kappa shape index (κ1) is 89.0. The molecular weight excluding hydrogens is 1840 g/mol. The van der Waals surface area contributed by atoms with Crippen molar-refractivity contribution >= 4 is 131 Å². The maximum atomic E-state index is 9.81. The molecule has 0 aliphatic rings. The predicted octanol–water partition coefficient (Wildman–Crippen LogP) is 32.1. The fourth-order valence-electron chi connectivity index (χ4n) is 20.7. The first-order valence-corrected chi connectivity index (χ1v) is 48.1. The molecule has 27 aromatic rings. The van der Waals surface area contributed by atoms with Crippen molar-refractivity contribution in [3.05, 3.63) is 469 Å². The highest BCUT2D eigenvalue weighted by Gasteiger charge is 2.25. The van der Waals surface area contributed by atoms with Crippen LogP contribution in [0.4, 0.5) is 0 Å². The van der Waals surface area contributed by atoms with Crippen LogP contribution in [-0.4, -0.2) is 28.7 Å². The Morgan fingerprint density at radius 2 is 0.427 bits per heavy atom. The van der Waals surface area contributed by atoms with Gasteiger partial charge in [-0.3, -0.25) is 0 Å². The second-order valence-corrected chi connectivity index (χ2v) is 36.6. The maximum Gasteiger partial charge on any atom is 0.135 e. The number of nitriles is 9. The van der Waals surface area contributed by atoms with Crippen LogP contribution in [0.15, 0.2) is 432 Å². The highest BCUT2D eigenvalue weighted by molar-refractivity contribution is 6.15. The molecule has 0 bridgehead atoms. The van der Waals surface area contributed by atoms with Crippen LogP contribution in [0.2, 0.25) is 0 Å². The van der Waals surface area contributed by atoms with Gasteiger partial charge in [-0.2, -0.15) is 47.4 Å². The summed E-state index contributed by atoms with van der Waals surface area (Å²) in [6.07, 6.45) is 0. The lowest BCUT2D eigenvalue weighted by atomic mass is 9.98. The van der Waals surface area contributed by atoms with Gasteiger partial charge in [0.1, 0.15) is 33.5 Å². The molecule has 690 valence electrons. The molecule has 18 heteroatoms. The summed E-state index contributed by atoms with van der Waals surface area (Å²) >= 11 is 0. The lowest BCUT2D eigenvalue weighted by molar-refractivity contribution is 0.668. The molecule has 0 saturated carbocycles. The largest absolute Gasteiger partial charge is 0.456 e. The summed E-state index contributed by atoms with van der Waals surface area (Å²) in [5, 5.41) is 98.7. The van der Waals surface area contributed by atoms with E-state index < -0.39 is 0 Å². The lowest BCUT2D eigenvalue weighted by Gasteiger charge is -2.14. The number of furan rings is 3. The van der Waals surface area contributed by atoms with E-state index in [1.807, 2.05) is 285 Å². The van der Waals surface area contributed by atoms with Gasteiger partial charge in [0.15, 0.2) is 0 Å². The van der Waals surface area contributed by atoms with Crippen LogP contribution in [0.1, 0.15) is 50.1 Å². The van der Waals surface area contributed by atoms with Crippen LogP contribution >= 0.6 is 0 Å². The molecule has 9 aromatic heterocycles. The second-order valence-electron chi connectivity index (χ2n) is 36.6. The van der Waals surface area contributed by atoms with Crippen molar-refractivity contribution in [1.82, 2.24) is 28.7 Å². The summed E-state index contributed by atoms with van der Waals surface area (Å²) < 4.78 is 25.0. The Labute approximate surface area is 856 Å². The number of rotatable bonds is 12. The first-order chi connectivity index (χ1) is 73.8. The number of hydrogen-bond donors (Lipinski definition) is 0. The van der Waals surface area contributed by atoms with Gasteiger partial charge in [0.2, 0.25) is 0 Å². The molecular formula is C132H69N15O3. The number of benzene rings is 18. The van der Waals surface area contributed by atoms with Gasteiger partial charge in [0, 0.05) is 115 Å². The van der Waals surface area contributed by atoms with Crippen LogP contribution in [0, 0.1) is 102 Å². The van der Waals surface area contributed by atoms with Crippen LogP contribution in [0.25, 0.3) is 249 Å². The van der Waals surface area contributed by atoms with E-state index in [4.69, 9.17) is 28.2 Å². The third-order valence-electron chi connectivity index (χ3n) is 27.8. The van der Waals surface area contributed by atoms with E-state index in [2.05, 4.69) is 178 Å². The van der Waals surface area contributed by atoms with Crippen molar-refractivity contribution < 1.29 is 13.3 Å². The van der Waals surface area contributed by atoms with E-state index in [1.54, 1.807) is 24.3 Å². The average molecular weight is 1910 g/mol. The minimum atomic E-state index is 0.549. The van der Waals surface area contributed by atoms with E-state index >= 15 is 0 Å². The van der Waals surface area contributed by atoms with Gasteiger partial charge in [-0.05, 0) is 318 Å². The van der Waals surface area contributed by atoms with E-state index in [-0.39, 0.29) is 0 Å². The maximum absolute atomic E-state index is 9.81. The number of nitrogens with zero attached hydrogens (tertiary/aromatic N) is 15. The van der Waals surface area contributed by atoms with Gasteiger partial charge in [-0.25, -0.2) is 15.0 Å². The fraction of sp³-hybridized carbons (Fsp3) is 0. The highest BCUT2D eigenvalue weighted by atomic mass is 16.3. The molecule has 150 heavy (non-hydrogen) atoms. The molecule has 0 fully saturated rings. The third-order valence-corrected chi connectivity index (χ3v) is 27.8. The number of hydrogen-bond acceptors (Lipinski definition) is 15. The topological polar surface area (TPSA) is 307 Å². The summed E-state index contributed by atoms with van der Waals surface area (Å²) in [5.41, 5.74) is 34.2. The van der Waals surface area contributed by atoms with Gasteiger partial charge in [-0.1, -0.05) is 133 Å². The fourth-order valence-corrected chi connectivity index (χ4v) is 20.7. The van der Waals surface area contributed by atoms with Crippen LogP contribution in [0.3, 0.4) is 0 Å². The van der Waals surface area contributed by atoms with Crippen molar-refractivity contribution in [2.45, 2.75) is 0 Å². The monoisotopic (exact) mass is 1910 g/mol. The lowest BCUT2D eigenvalue weighted by Crippen LogP contribution is -1.97. The van der Waals surface area contributed by atoms with Crippen molar-refractivity contribution in [2.24, 2.45) is 0 Å². The smallest absolute Gasteiger partial charge is 0.135 e. The van der Waals surface area contributed by atoms with Gasteiger partial charge in [-0.15, -0.1) is 0 Å². The molecule has 27 rings (SSSR count). The Morgan fingerprint density at radius 3 is 0.767 bits per heavy atom. The van der Waals surface area contributed by atoms with Crippen molar-refractivity contribution in [3.8, 4) is 173 Å². The van der Waals surface area contributed by atoms with Crippen LogP contribution in [-0.2, 0) is 0 Å². The Bertz CT molecular complexity index is 10700. The molecule has 0 amide bonds. The van der Waals surface area contributed by atoms with Crippen molar-refractivity contribution in [1.29, 1.82) is 47.4 Å². The first-order valence-electron chi connectivity index (χ1n) is 48.1. The Morgan fingerprint density at radius 1 is 0.160 bits per heavy atom. The molecule has 0 radical (unpaired) electrons. The minimum absolute atomic E-state index is 0.549. The zero-order chi connectivity index (χ0) is 101. The van der Waals surface area contributed by atoms with Gasteiger partial charge < -0.3 is 27.0 Å². The summed E-state index contributed by atoms with van der Waals surface area (Å²) in [6, 6.07) is 157. The Hall–Kier alpha value is -22.4. The van der Waals surface area contributed by atoms with E-state index in [9.17, 15) is 47.4 Å². The van der Waals surface area contributed by atoms with Crippen molar-refractivity contribution in [2.75, 3.05) is 0 Å². The molecule has 0 unspecified atom stereocenters. The third kappa shape index (κ3) is 15.9. The van der Waals surface area contributed by atoms with Gasteiger partial charge in [0.25, 0.3) is 0 Å². The molecule has 18 nitrogen and oxygen atoms in total. The average Bonchev–Trinajstić information content (AvgIpc) is 1.59. The standard InChI is InChI=1S/3C44H23N5O/c45-24-27-5-3-6-31(17-27)39-8-4-9-40(48-39)33-20-32(30-13-16-44-38(23-30)35-7-1-2-10-43(35)50-44)21-34(22-33)49-41-14-11-28(25-46)18-36(41)37-19-29(26-47)12-15-42(37)49;45-24-27-12-15-41-36(18-27)37-19-28(25-46)13-16-42(37)49(41)33-21-31(29-14-17-44-38(23-29)35-8-3-4-11-43(35)50-44)20-32(22-33)39-9-5-10-40(48-39)34-7-2-1-6-30(34)26-47;45-24-27-8-12-30(13-9-27)39-5-3-6-40(48-39)33-20-32(31-14-17-44-38(23-31)35-4-1-2-7-43(35)50-44)21-34(22-33)49-41-15-10-28(25-46)18-36(41)37-19-29(26-47)11-16-42(37)49/h3*1-23H. The van der Waals surface area contributed by atoms with Gasteiger partial charge >= 0.3 is 0 Å². The number of fused-ring (bicyclic) bond motifs is 18. The zero-order valence-corrected chi connectivity index (χ0v) is 79.3. The number of pyridine rings is 3. The second kappa shape index (κ2) is 36.9. The van der Waals surface area contributed by atoms with Gasteiger partial charge in [0.05, 0.1) is 172 Å². The van der Waals surface area contributed by atoms with Crippen LogP contribution in [0.5, 0.6) is 0 Å². The zero-order valence-electron chi connectivity index (χ0n) is 79.3. The molecule has 0 spiro atoms. The molecule has 18 aromatic carbocycles. The number of para-hydroxylation sites is 3. The van der Waals surface area contributed by atoms with E-state index in [1.165, 1.54) is 0 Å². The Balaban J connectivity index is 0.000000116. The molecule has 0 aliphatic carbocycles. The molecule has 0 N–H and O–H groups in total. The summed E-state index contributed by atoms with van der Waals surface area (Å²) in [4.78, 5) is 15.3. The quantitative estimate of drug-likeness (QED) is 0.110. The predicted molar refractivity (Wildman–Crippen MR) is 589 cm³/mol. The summed E-state index contributed by atoms with van der Waals surface area (Å²) in [5.74, 6) is 0. The van der Waals surface area contributed by atoms with Crippen molar-refractivity contribution in [3.63, 3.8) is 0 Å². The molecule has 0 aliphatic heterocycles. The molecule has 0 atom stereocenters. The minimum Gasteiger partial charge on any atom is -0.456 e. The van der Waals surface area contributed by atoms with E-state index in [0.29, 0.717) is 55.8 Å². The number of aromatic nitrogens is 6. The molecule has 0 saturated heterocycles. The normalized spacial score (nSPS) is 11.1. The SMILES string of the molecule is N#Cc1ccc(-c2cccc(-c3cc(-c4ccc5oc6ccccc6c5c4)cc(-n4c5ccc(C#N)cc5c5cc(C#N)ccc54)c3)n2)cc1.N#Cc1ccc2c(c1)c1cc(C#N)ccc1n2-c1cc(-c2ccc3oc4ccccc4c3c2)cc(-c2cccc(-c3ccccc3C#N)n2)c1.N#Cc1cccc(-c2cccc(-c3cc(-c4ccc5oc6ccccc6c5c4)cc(-n4c5ccc(C#N)cc5c5cc(C#N)ccc54)c3)n2)c1.